The second kappa shape index (κ2) is 8.71. The van der Waals surface area contributed by atoms with Crippen LogP contribution in [0.3, 0.4) is 0 Å². The molecule has 2 fully saturated rings. The molecule has 25 heavy (non-hydrogen) atoms. The first-order chi connectivity index (χ1) is 11.3. The van der Waals surface area contributed by atoms with Crippen LogP contribution in [-0.2, 0) is 9.53 Å². The lowest BCUT2D eigenvalue weighted by atomic mass is 10.2. The standard InChI is InChI=1S/C16H20N4O3.2ClH/c21-15(14-11-17-5-10-22-14)19-6-8-20(9-7-19)16-18-12-3-1-2-4-13(12)23-16;;/h1-4,14,17H,5-11H2;2*1H. The average Bonchev–Trinajstić information content (AvgIpc) is 3.06. The Labute approximate surface area is 158 Å². The third-order valence-corrected chi connectivity index (χ3v) is 4.35. The number of nitrogens with zero attached hydrogens (tertiary/aromatic N) is 3. The van der Waals surface area contributed by atoms with Gasteiger partial charge in [0.25, 0.3) is 11.9 Å². The van der Waals surface area contributed by atoms with E-state index in [1.165, 1.54) is 0 Å². The summed E-state index contributed by atoms with van der Waals surface area (Å²) in [6, 6.07) is 8.37. The Hall–Kier alpha value is -1.54. The van der Waals surface area contributed by atoms with Gasteiger partial charge in [0.1, 0.15) is 11.6 Å². The van der Waals surface area contributed by atoms with Gasteiger partial charge in [-0.3, -0.25) is 4.79 Å². The van der Waals surface area contributed by atoms with Crippen LogP contribution in [0, 0.1) is 0 Å². The Morgan fingerprint density at radius 1 is 1.16 bits per heavy atom. The molecule has 2 aliphatic rings. The summed E-state index contributed by atoms with van der Waals surface area (Å²) in [5, 5.41) is 3.20. The highest BCUT2D eigenvalue weighted by atomic mass is 35.5. The predicted octanol–water partition coefficient (Wildman–Crippen LogP) is 1.31. The van der Waals surface area contributed by atoms with Gasteiger partial charge < -0.3 is 24.3 Å². The van der Waals surface area contributed by atoms with Crippen molar-refractivity contribution in [3.05, 3.63) is 24.3 Å². The van der Waals surface area contributed by atoms with Crippen molar-refractivity contribution in [2.45, 2.75) is 6.10 Å². The summed E-state index contributed by atoms with van der Waals surface area (Å²) in [5.41, 5.74) is 1.66. The number of amides is 1. The van der Waals surface area contributed by atoms with Gasteiger partial charge in [-0.25, -0.2) is 0 Å². The minimum atomic E-state index is -0.348. The predicted molar refractivity (Wildman–Crippen MR) is 99.9 cm³/mol. The first-order valence-electron chi connectivity index (χ1n) is 8.03. The SMILES string of the molecule is Cl.Cl.O=C(C1CNCCO1)N1CCN(c2nc3ccccc3o2)CC1. The van der Waals surface area contributed by atoms with E-state index < -0.39 is 0 Å². The van der Waals surface area contributed by atoms with Crippen molar-refractivity contribution in [2.75, 3.05) is 50.8 Å². The minimum absolute atomic E-state index is 0. The number of fused-ring (bicyclic) bond motifs is 1. The van der Waals surface area contributed by atoms with Gasteiger partial charge >= 0.3 is 0 Å². The van der Waals surface area contributed by atoms with E-state index in [1.807, 2.05) is 29.2 Å². The summed E-state index contributed by atoms with van der Waals surface area (Å²) in [5.74, 6) is 0.0782. The highest BCUT2D eigenvalue weighted by Gasteiger charge is 2.30. The molecule has 0 spiro atoms. The molecule has 0 saturated carbocycles. The number of hydrogen-bond donors (Lipinski definition) is 1. The topological polar surface area (TPSA) is 70.8 Å². The van der Waals surface area contributed by atoms with Crippen LogP contribution in [0.5, 0.6) is 0 Å². The molecule has 1 N–H and O–H groups in total. The van der Waals surface area contributed by atoms with Gasteiger partial charge in [0, 0.05) is 39.3 Å². The average molecular weight is 389 g/mol. The molecule has 1 amide bonds. The van der Waals surface area contributed by atoms with E-state index in [1.54, 1.807) is 0 Å². The summed E-state index contributed by atoms with van der Waals surface area (Å²) < 4.78 is 11.3. The van der Waals surface area contributed by atoms with Crippen LogP contribution in [0.15, 0.2) is 28.7 Å². The number of carbonyl (C=O) groups is 1. The molecule has 2 aliphatic heterocycles. The summed E-state index contributed by atoms with van der Waals surface area (Å²) in [7, 11) is 0. The van der Waals surface area contributed by atoms with Crippen LogP contribution in [0.2, 0.25) is 0 Å². The zero-order chi connectivity index (χ0) is 15.6. The molecule has 0 radical (unpaired) electrons. The quantitative estimate of drug-likeness (QED) is 0.835. The monoisotopic (exact) mass is 388 g/mol. The number of halogens is 2. The first kappa shape index (κ1) is 19.8. The zero-order valence-corrected chi connectivity index (χ0v) is 15.4. The van der Waals surface area contributed by atoms with Gasteiger partial charge in [-0.2, -0.15) is 4.98 Å². The number of nitrogens with one attached hydrogen (secondary N) is 1. The van der Waals surface area contributed by atoms with Crippen LogP contribution in [0.4, 0.5) is 6.01 Å². The van der Waals surface area contributed by atoms with E-state index in [-0.39, 0.29) is 36.8 Å². The molecular weight excluding hydrogens is 367 g/mol. The third-order valence-electron chi connectivity index (χ3n) is 4.35. The number of anilines is 1. The summed E-state index contributed by atoms with van der Waals surface area (Å²) in [6.45, 7) is 4.78. The van der Waals surface area contributed by atoms with Crippen molar-refractivity contribution in [1.82, 2.24) is 15.2 Å². The molecule has 4 rings (SSSR count). The normalized spacial score (nSPS) is 20.7. The van der Waals surface area contributed by atoms with Crippen LogP contribution in [0.25, 0.3) is 11.1 Å². The Bertz CT molecular complexity index is 664. The Morgan fingerprint density at radius 3 is 2.60 bits per heavy atom. The number of para-hydroxylation sites is 2. The maximum absolute atomic E-state index is 12.4. The lowest BCUT2D eigenvalue weighted by Gasteiger charge is -2.36. The zero-order valence-electron chi connectivity index (χ0n) is 13.7. The van der Waals surface area contributed by atoms with E-state index in [4.69, 9.17) is 9.15 Å². The van der Waals surface area contributed by atoms with Gasteiger partial charge in [0.2, 0.25) is 0 Å². The van der Waals surface area contributed by atoms with Crippen molar-refractivity contribution in [3.63, 3.8) is 0 Å². The number of aromatic nitrogens is 1. The Morgan fingerprint density at radius 2 is 1.92 bits per heavy atom. The molecule has 1 unspecified atom stereocenters. The molecule has 1 aromatic carbocycles. The number of carbonyl (C=O) groups excluding carboxylic acids is 1. The highest BCUT2D eigenvalue weighted by molar-refractivity contribution is 5.85. The summed E-state index contributed by atoms with van der Waals surface area (Å²) in [6.07, 6.45) is -0.348. The van der Waals surface area contributed by atoms with Crippen molar-refractivity contribution < 1.29 is 13.9 Å². The maximum atomic E-state index is 12.4. The second-order valence-corrected chi connectivity index (χ2v) is 5.84. The fraction of sp³-hybridized carbons (Fsp3) is 0.500. The van der Waals surface area contributed by atoms with Gasteiger partial charge in [0.05, 0.1) is 6.61 Å². The van der Waals surface area contributed by atoms with Crippen molar-refractivity contribution >= 4 is 47.8 Å². The van der Waals surface area contributed by atoms with Crippen molar-refractivity contribution in [3.8, 4) is 0 Å². The molecule has 1 aromatic heterocycles. The number of morpholine rings is 1. The molecule has 2 aromatic rings. The van der Waals surface area contributed by atoms with Gasteiger partial charge in [-0.15, -0.1) is 24.8 Å². The third kappa shape index (κ3) is 4.17. The van der Waals surface area contributed by atoms with Gasteiger partial charge in [0.15, 0.2) is 5.58 Å². The van der Waals surface area contributed by atoms with Gasteiger partial charge in [-0.05, 0) is 12.1 Å². The van der Waals surface area contributed by atoms with E-state index in [0.717, 1.165) is 30.7 Å². The van der Waals surface area contributed by atoms with E-state index in [9.17, 15) is 4.79 Å². The smallest absolute Gasteiger partial charge is 0.298 e. The number of ether oxygens (including phenoxy) is 1. The molecule has 9 heteroatoms. The molecule has 2 saturated heterocycles. The first-order valence-corrected chi connectivity index (χ1v) is 8.03. The van der Waals surface area contributed by atoms with E-state index in [2.05, 4.69) is 15.2 Å². The number of hydrogen-bond acceptors (Lipinski definition) is 6. The lowest BCUT2D eigenvalue weighted by molar-refractivity contribution is -0.145. The Balaban J connectivity index is 0.00000113. The lowest BCUT2D eigenvalue weighted by Crippen LogP contribution is -2.55. The molecular formula is C16H22Cl2N4O3. The highest BCUT2D eigenvalue weighted by Crippen LogP contribution is 2.22. The molecule has 0 aliphatic carbocycles. The van der Waals surface area contributed by atoms with Crippen LogP contribution in [-0.4, -0.2) is 67.8 Å². The molecule has 0 bridgehead atoms. The van der Waals surface area contributed by atoms with Crippen LogP contribution < -0.4 is 10.2 Å². The molecule has 1 atom stereocenters. The largest absolute Gasteiger partial charge is 0.423 e. The maximum Gasteiger partial charge on any atom is 0.298 e. The summed E-state index contributed by atoms with van der Waals surface area (Å²) >= 11 is 0. The van der Waals surface area contributed by atoms with E-state index >= 15 is 0 Å². The summed E-state index contributed by atoms with van der Waals surface area (Å²) in [4.78, 5) is 20.9. The molecule has 7 nitrogen and oxygen atoms in total. The van der Waals surface area contributed by atoms with Crippen LogP contribution in [0.1, 0.15) is 0 Å². The fourth-order valence-electron chi connectivity index (χ4n) is 3.04. The van der Waals surface area contributed by atoms with Crippen LogP contribution >= 0.6 is 24.8 Å². The van der Waals surface area contributed by atoms with Crippen molar-refractivity contribution in [2.24, 2.45) is 0 Å². The fourth-order valence-corrected chi connectivity index (χ4v) is 3.04. The number of oxazole rings is 1. The van der Waals surface area contributed by atoms with Gasteiger partial charge in [-0.1, -0.05) is 12.1 Å². The van der Waals surface area contributed by atoms with Crippen molar-refractivity contribution in [1.29, 1.82) is 0 Å². The molecule has 138 valence electrons. The Kier molecular flexibility index (Phi) is 6.89. The number of piperazine rings is 1. The minimum Gasteiger partial charge on any atom is -0.423 e. The second-order valence-electron chi connectivity index (χ2n) is 5.84. The van der Waals surface area contributed by atoms with E-state index in [0.29, 0.717) is 32.3 Å². The number of rotatable bonds is 2. The molecule has 3 heterocycles. The number of benzene rings is 1.